The van der Waals surface area contributed by atoms with E-state index in [9.17, 15) is 0 Å². The molecule has 0 unspecified atom stereocenters. The lowest BCUT2D eigenvalue weighted by molar-refractivity contribution is -0.0291. The summed E-state index contributed by atoms with van der Waals surface area (Å²) in [6.45, 7) is 1.08. The molecule has 0 spiro atoms. The zero-order valence-electron chi connectivity index (χ0n) is 11.2. The molecule has 2 nitrogen and oxygen atoms in total. The maximum absolute atomic E-state index is 5.40. The molecule has 98 valence electrons. The van der Waals surface area contributed by atoms with E-state index in [0.717, 1.165) is 12.8 Å². The fourth-order valence-electron chi connectivity index (χ4n) is 2.78. The average molecular weight is 254 g/mol. The van der Waals surface area contributed by atoms with Crippen molar-refractivity contribution in [2.24, 2.45) is 0 Å². The Bertz CT molecular complexity index is 575. The highest BCUT2D eigenvalue weighted by Gasteiger charge is 2.19. The molecule has 0 fully saturated rings. The molecule has 0 bridgehead atoms. The predicted molar refractivity (Wildman–Crippen MR) is 76.2 cm³/mol. The Hall–Kier alpha value is -1.64. The van der Waals surface area contributed by atoms with E-state index in [1.165, 1.54) is 27.8 Å². The lowest BCUT2D eigenvalue weighted by atomic mass is 9.99. The van der Waals surface area contributed by atoms with Gasteiger partial charge in [0.05, 0.1) is 6.61 Å². The van der Waals surface area contributed by atoms with E-state index in [0.29, 0.717) is 13.4 Å². The fraction of sp³-hybridized carbons (Fsp3) is 0.294. The van der Waals surface area contributed by atoms with Crippen LogP contribution in [0.5, 0.6) is 0 Å². The second-order valence-corrected chi connectivity index (χ2v) is 4.84. The van der Waals surface area contributed by atoms with Crippen molar-refractivity contribution in [2.75, 3.05) is 20.5 Å². The molecule has 0 saturated heterocycles. The summed E-state index contributed by atoms with van der Waals surface area (Å²) in [6, 6.07) is 15.2. The van der Waals surface area contributed by atoms with Gasteiger partial charge in [0.25, 0.3) is 0 Å². The summed E-state index contributed by atoms with van der Waals surface area (Å²) >= 11 is 0. The van der Waals surface area contributed by atoms with Crippen LogP contribution in [0.2, 0.25) is 0 Å². The maximum atomic E-state index is 5.40. The van der Waals surface area contributed by atoms with Gasteiger partial charge in [0.2, 0.25) is 0 Å². The SMILES string of the molecule is COCOCCc1cccc2c1Cc1ccccc1-2. The third kappa shape index (κ3) is 2.42. The Labute approximate surface area is 114 Å². The number of hydrogen-bond acceptors (Lipinski definition) is 2. The van der Waals surface area contributed by atoms with Crippen LogP contribution >= 0.6 is 0 Å². The molecule has 0 aliphatic heterocycles. The minimum Gasteiger partial charge on any atom is -0.359 e. The molecular formula is C17H18O2. The minimum absolute atomic E-state index is 0.370. The molecule has 2 heteroatoms. The van der Waals surface area contributed by atoms with Crippen LogP contribution in [0.25, 0.3) is 11.1 Å². The first-order valence-electron chi connectivity index (χ1n) is 6.66. The lowest BCUT2D eigenvalue weighted by Crippen LogP contribution is -2.03. The van der Waals surface area contributed by atoms with E-state index in [2.05, 4.69) is 42.5 Å². The highest BCUT2D eigenvalue weighted by Crippen LogP contribution is 2.38. The molecule has 1 aliphatic carbocycles. The fourth-order valence-corrected chi connectivity index (χ4v) is 2.78. The van der Waals surface area contributed by atoms with E-state index in [4.69, 9.17) is 9.47 Å². The Morgan fingerprint density at radius 3 is 2.74 bits per heavy atom. The van der Waals surface area contributed by atoms with E-state index in [1.807, 2.05) is 0 Å². The van der Waals surface area contributed by atoms with Gasteiger partial charge >= 0.3 is 0 Å². The van der Waals surface area contributed by atoms with Gasteiger partial charge in [-0.1, -0.05) is 42.5 Å². The van der Waals surface area contributed by atoms with Crippen LogP contribution in [0.1, 0.15) is 16.7 Å². The third-order valence-corrected chi connectivity index (χ3v) is 3.66. The van der Waals surface area contributed by atoms with Crippen molar-refractivity contribution in [2.45, 2.75) is 12.8 Å². The van der Waals surface area contributed by atoms with Gasteiger partial charge < -0.3 is 9.47 Å². The molecule has 2 aromatic carbocycles. The largest absolute Gasteiger partial charge is 0.359 e. The Kier molecular flexibility index (Phi) is 3.62. The molecular weight excluding hydrogens is 236 g/mol. The quantitative estimate of drug-likeness (QED) is 0.513. The van der Waals surface area contributed by atoms with Crippen LogP contribution in [0.3, 0.4) is 0 Å². The standard InChI is InChI=1S/C17H18O2/c1-18-12-19-10-9-13-6-4-8-16-15-7-3-2-5-14(15)11-17(13)16/h2-8H,9-12H2,1H3. The summed E-state index contributed by atoms with van der Waals surface area (Å²) < 4.78 is 10.3. The van der Waals surface area contributed by atoms with Gasteiger partial charge in [-0.2, -0.15) is 0 Å². The first kappa shape index (κ1) is 12.4. The molecule has 3 rings (SSSR count). The summed E-state index contributed by atoms with van der Waals surface area (Å²) in [7, 11) is 1.65. The van der Waals surface area contributed by atoms with Crippen molar-refractivity contribution in [1.82, 2.24) is 0 Å². The zero-order valence-corrected chi connectivity index (χ0v) is 11.2. The van der Waals surface area contributed by atoms with Gasteiger partial charge in [0.15, 0.2) is 0 Å². The number of methoxy groups -OCH3 is 1. The molecule has 0 saturated carbocycles. The molecule has 0 atom stereocenters. The number of ether oxygens (including phenoxy) is 2. The van der Waals surface area contributed by atoms with Crippen molar-refractivity contribution in [3.05, 3.63) is 59.2 Å². The maximum Gasteiger partial charge on any atom is 0.146 e. The highest BCUT2D eigenvalue weighted by atomic mass is 16.7. The van der Waals surface area contributed by atoms with Gasteiger partial charge in [-0.05, 0) is 40.7 Å². The van der Waals surface area contributed by atoms with Gasteiger partial charge in [0, 0.05) is 7.11 Å². The smallest absolute Gasteiger partial charge is 0.146 e. The van der Waals surface area contributed by atoms with Crippen molar-refractivity contribution in [3.8, 4) is 11.1 Å². The molecule has 2 aromatic rings. The van der Waals surface area contributed by atoms with E-state index in [1.54, 1.807) is 7.11 Å². The number of rotatable bonds is 5. The Morgan fingerprint density at radius 2 is 1.84 bits per heavy atom. The van der Waals surface area contributed by atoms with Crippen molar-refractivity contribution < 1.29 is 9.47 Å². The van der Waals surface area contributed by atoms with Crippen molar-refractivity contribution in [3.63, 3.8) is 0 Å². The topological polar surface area (TPSA) is 18.5 Å². The van der Waals surface area contributed by atoms with Gasteiger partial charge in [-0.3, -0.25) is 0 Å². The van der Waals surface area contributed by atoms with Gasteiger partial charge in [-0.25, -0.2) is 0 Å². The molecule has 0 amide bonds. The highest BCUT2D eigenvalue weighted by molar-refractivity contribution is 5.77. The minimum atomic E-state index is 0.370. The number of hydrogen-bond donors (Lipinski definition) is 0. The molecule has 19 heavy (non-hydrogen) atoms. The molecule has 0 aromatic heterocycles. The predicted octanol–water partition coefficient (Wildman–Crippen LogP) is 3.42. The molecule has 0 heterocycles. The molecule has 0 N–H and O–H groups in total. The second-order valence-electron chi connectivity index (χ2n) is 4.84. The van der Waals surface area contributed by atoms with Crippen LogP contribution in [0.15, 0.2) is 42.5 Å². The van der Waals surface area contributed by atoms with Crippen molar-refractivity contribution >= 4 is 0 Å². The average Bonchev–Trinajstić information content (AvgIpc) is 2.83. The molecule has 0 radical (unpaired) electrons. The lowest BCUT2D eigenvalue weighted by Gasteiger charge is -2.08. The number of fused-ring (bicyclic) bond motifs is 3. The van der Waals surface area contributed by atoms with Crippen LogP contribution in [0.4, 0.5) is 0 Å². The van der Waals surface area contributed by atoms with Gasteiger partial charge in [0.1, 0.15) is 6.79 Å². The second kappa shape index (κ2) is 5.55. The summed E-state index contributed by atoms with van der Waals surface area (Å²) in [5.74, 6) is 0. The van der Waals surface area contributed by atoms with E-state index >= 15 is 0 Å². The van der Waals surface area contributed by atoms with Gasteiger partial charge in [-0.15, -0.1) is 0 Å². The summed E-state index contributed by atoms with van der Waals surface area (Å²) in [4.78, 5) is 0. The summed E-state index contributed by atoms with van der Waals surface area (Å²) in [5, 5.41) is 0. The number of benzene rings is 2. The van der Waals surface area contributed by atoms with Crippen LogP contribution in [0, 0.1) is 0 Å². The monoisotopic (exact) mass is 254 g/mol. The van der Waals surface area contributed by atoms with E-state index < -0.39 is 0 Å². The van der Waals surface area contributed by atoms with E-state index in [-0.39, 0.29) is 0 Å². The zero-order chi connectivity index (χ0) is 13.1. The first-order chi connectivity index (χ1) is 9.40. The van der Waals surface area contributed by atoms with Crippen LogP contribution in [-0.4, -0.2) is 20.5 Å². The molecule has 1 aliphatic rings. The van der Waals surface area contributed by atoms with Crippen molar-refractivity contribution in [1.29, 1.82) is 0 Å². The van der Waals surface area contributed by atoms with Crippen LogP contribution in [-0.2, 0) is 22.3 Å². The van der Waals surface area contributed by atoms with Crippen LogP contribution < -0.4 is 0 Å². The first-order valence-corrected chi connectivity index (χ1v) is 6.66. The summed E-state index contributed by atoms with van der Waals surface area (Å²) in [6.07, 6.45) is 1.99. The summed E-state index contributed by atoms with van der Waals surface area (Å²) in [5.41, 5.74) is 7.06. The normalized spacial score (nSPS) is 12.3. The Morgan fingerprint density at radius 1 is 1.00 bits per heavy atom. The third-order valence-electron chi connectivity index (χ3n) is 3.66. The Balaban J connectivity index is 1.82.